The summed E-state index contributed by atoms with van der Waals surface area (Å²) in [6, 6.07) is 9.06. The first kappa shape index (κ1) is 15.1. The first-order valence-corrected chi connectivity index (χ1v) is 6.57. The number of hydrogen-bond acceptors (Lipinski definition) is 3. The van der Waals surface area contributed by atoms with Gasteiger partial charge in [0.2, 0.25) is 0 Å². The van der Waals surface area contributed by atoms with Crippen molar-refractivity contribution in [3.05, 3.63) is 52.8 Å². The third kappa shape index (κ3) is 4.10. The Morgan fingerprint density at radius 2 is 2.10 bits per heavy atom. The Morgan fingerprint density at radius 3 is 2.76 bits per heavy atom. The Bertz CT molecular complexity index is 677. The predicted octanol–water partition coefficient (Wildman–Crippen LogP) is 3.39. The SMILES string of the molecule is Cc1cc(OCC(=O)Nc2ccc(N)cc2Cl)ccc1F. The number of nitrogens with two attached hydrogens (primary N) is 1. The van der Waals surface area contributed by atoms with E-state index in [0.717, 1.165) is 0 Å². The number of aryl methyl sites for hydroxylation is 1. The Hall–Kier alpha value is -2.27. The van der Waals surface area contributed by atoms with E-state index < -0.39 is 0 Å². The number of ether oxygens (including phenoxy) is 1. The van der Waals surface area contributed by atoms with E-state index >= 15 is 0 Å². The number of anilines is 2. The molecule has 0 radical (unpaired) electrons. The molecule has 0 aromatic heterocycles. The van der Waals surface area contributed by atoms with Gasteiger partial charge in [-0.1, -0.05) is 11.6 Å². The van der Waals surface area contributed by atoms with E-state index in [2.05, 4.69) is 5.32 Å². The minimum absolute atomic E-state index is 0.203. The highest BCUT2D eigenvalue weighted by Crippen LogP contribution is 2.24. The lowest BCUT2D eigenvalue weighted by molar-refractivity contribution is -0.118. The molecule has 0 aliphatic carbocycles. The van der Waals surface area contributed by atoms with E-state index in [1.165, 1.54) is 18.2 Å². The molecule has 6 heteroatoms. The molecule has 4 nitrogen and oxygen atoms in total. The van der Waals surface area contributed by atoms with Crippen molar-refractivity contribution in [3.63, 3.8) is 0 Å². The maximum atomic E-state index is 13.1. The number of halogens is 2. The standard InChI is InChI=1S/C15H14ClFN2O2/c1-9-6-11(3-4-13(9)17)21-8-15(20)19-14-5-2-10(18)7-12(14)16/h2-7H,8,18H2,1H3,(H,19,20). The smallest absolute Gasteiger partial charge is 0.262 e. The Labute approximate surface area is 126 Å². The average molecular weight is 309 g/mol. The zero-order chi connectivity index (χ0) is 15.4. The normalized spacial score (nSPS) is 10.2. The molecular weight excluding hydrogens is 295 g/mol. The summed E-state index contributed by atoms with van der Waals surface area (Å²) >= 11 is 5.95. The fourth-order valence-corrected chi connectivity index (χ4v) is 1.91. The third-order valence-electron chi connectivity index (χ3n) is 2.77. The third-order valence-corrected chi connectivity index (χ3v) is 3.08. The minimum Gasteiger partial charge on any atom is -0.484 e. The average Bonchev–Trinajstić information content (AvgIpc) is 2.43. The van der Waals surface area contributed by atoms with E-state index in [1.807, 2.05) is 0 Å². The largest absolute Gasteiger partial charge is 0.484 e. The Kier molecular flexibility index (Phi) is 4.65. The van der Waals surface area contributed by atoms with Gasteiger partial charge in [-0.05, 0) is 48.9 Å². The molecule has 0 spiro atoms. The zero-order valence-electron chi connectivity index (χ0n) is 11.3. The molecule has 21 heavy (non-hydrogen) atoms. The maximum Gasteiger partial charge on any atom is 0.262 e. The number of carbonyl (C=O) groups excluding carboxylic acids is 1. The lowest BCUT2D eigenvalue weighted by Gasteiger charge is -2.09. The van der Waals surface area contributed by atoms with Crippen LogP contribution in [0.5, 0.6) is 5.75 Å². The molecule has 0 bridgehead atoms. The van der Waals surface area contributed by atoms with Crippen LogP contribution in [0, 0.1) is 12.7 Å². The number of benzene rings is 2. The summed E-state index contributed by atoms with van der Waals surface area (Å²) in [7, 11) is 0. The summed E-state index contributed by atoms with van der Waals surface area (Å²) in [4.78, 5) is 11.8. The van der Waals surface area contributed by atoms with E-state index in [1.54, 1.807) is 25.1 Å². The second kappa shape index (κ2) is 6.45. The quantitative estimate of drug-likeness (QED) is 0.851. The zero-order valence-corrected chi connectivity index (χ0v) is 12.1. The summed E-state index contributed by atoms with van der Waals surface area (Å²) in [6.45, 7) is 1.42. The van der Waals surface area contributed by atoms with Crippen molar-refractivity contribution in [1.82, 2.24) is 0 Å². The summed E-state index contributed by atoms with van der Waals surface area (Å²) in [5.74, 6) is -0.267. The first-order chi connectivity index (χ1) is 9.95. The van der Waals surface area contributed by atoms with E-state index in [4.69, 9.17) is 22.1 Å². The number of hydrogen-bond donors (Lipinski definition) is 2. The first-order valence-electron chi connectivity index (χ1n) is 6.19. The van der Waals surface area contributed by atoms with Crippen molar-refractivity contribution in [2.75, 3.05) is 17.7 Å². The van der Waals surface area contributed by atoms with Crippen LogP contribution in [0.4, 0.5) is 15.8 Å². The highest BCUT2D eigenvalue weighted by atomic mass is 35.5. The molecule has 1 amide bonds. The topological polar surface area (TPSA) is 64.3 Å². The van der Waals surface area contributed by atoms with Crippen LogP contribution in [-0.2, 0) is 4.79 Å². The molecule has 0 saturated heterocycles. The van der Waals surface area contributed by atoms with E-state index in [-0.39, 0.29) is 18.3 Å². The van der Waals surface area contributed by atoms with Gasteiger partial charge in [0, 0.05) is 5.69 Å². The fraction of sp³-hybridized carbons (Fsp3) is 0.133. The monoisotopic (exact) mass is 308 g/mol. The molecule has 0 unspecified atom stereocenters. The van der Waals surface area contributed by atoms with Crippen LogP contribution in [0.25, 0.3) is 0 Å². The van der Waals surface area contributed by atoms with Gasteiger partial charge in [-0.15, -0.1) is 0 Å². The van der Waals surface area contributed by atoms with Gasteiger partial charge in [0.05, 0.1) is 10.7 Å². The summed E-state index contributed by atoms with van der Waals surface area (Å²) in [5, 5.41) is 2.96. The highest BCUT2D eigenvalue weighted by molar-refractivity contribution is 6.34. The molecule has 0 fully saturated rings. The molecule has 2 rings (SSSR count). The molecule has 0 aliphatic rings. The Morgan fingerprint density at radius 1 is 1.33 bits per heavy atom. The lowest BCUT2D eigenvalue weighted by Crippen LogP contribution is -2.20. The number of amides is 1. The van der Waals surface area contributed by atoms with Crippen LogP contribution in [0.1, 0.15) is 5.56 Å². The minimum atomic E-state index is -0.372. The molecule has 0 aliphatic heterocycles. The van der Waals surface area contributed by atoms with Gasteiger partial charge in [-0.3, -0.25) is 4.79 Å². The second-order valence-corrected chi connectivity index (χ2v) is 4.89. The van der Waals surface area contributed by atoms with Crippen LogP contribution in [0.15, 0.2) is 36.4 Å². The van der Waals surface area contributed by atoms with Crippen molar-refractivity contribution in [2.24, 2.45) is 0 Å². The molecule has 2 aromatic rings. The van der Waals surface area contributed by atoms with Gasteiger partial charge >= 0.3 is 0 Å². The van der Waals surface area contributed by atoms with Crippen LogP contribution in [-0.4, -0.2) is 12.5 Å². The lowest BCUT2D eigenvalue weighted by atomic mass is 10.2. The molecular formula is C15H14ClFN2O2. The van der Waals surface area contributed by atoms with Crippen molar-refractivity contribution < 1.29 is 13.9 Å². The van der Waals surface area contributed by atoms with Gasteiger partial charge < -0.3 is 15.8 Å². The number of rotatable bonds is 4. The van der Waals surface area contributed by atoms with E-state index in [9.17, 15) is 9.18 Å². The maximum absolute atomic E-state index is 13.1. The molecule has 0 heterocycles. The number of nitrogen functional groups attached to an aromatic ring is 1. The van der Waals surface area contributed by atoms with Crippen LogP contribution >= 0.6 is 11.6 Å². The summed E-state index contributed by atoms with van der Waals surface area (Å²) in [5.41, 5.74) is 6.98. The molecule has 0 saturated carbocycles. The van der Waals surface area contributed by atoms with Gasteiger partial charge in [-0.25, -0.2) is 4.39 Å². The van der Waals surface area contributed by atoms with E-state index in [0.29, 0.717) is 27.7 Å². The van der Waals surface area contributed by atoms with Gasteiger partial charge in [0.1, 0.15) is 11.6 Å². The Balaban J connectivity index is 1.94. The highest BCUT2D eigenvalue weighted by Gasteiger charge is 2.08. The van der Waals surface area contributed by atoms with Gasteiger partial charge in [0.15, 0.2) is 6.61 Å². The van der Waals surface area contributed by atoms with Crippen molar-refractivity contribution in [1.29, 1.82) is 0 Å². The number of nitrogens with one attached hydrogen (secondary N) is 1. The van der Waals surface area contributed by atoms with Gasteiger partial charge in [-0.2, -0.15) is 0 Å². The van der Waals surface area contributed by atoms with Crippen LogP contribution < -0.4 is 15.8 Å². The van der Waals surface area contributed by atoms with Crippen LogP contribution in [0.2, 0.25) is 5.02 Å². The van der Waals surface area contributed by atoms with Crippen molar-refractivity contribution in [3.8, 4) is 5.75 Å². The molecule has 2 aromatic carbocycles. The van der Waals surface area contributed by atoms with Crippen molar-refractivity contribution >= 4 is 28.9 Å². The molecule has 110 valence electrons. The van der Waals surface area contributed by atoms with Crippen molar-refractivity contribution in [2.45, 2.75) is 6.92 Å². The molecule has 3 N–H and O–H groups in total. The fourth-order valence-electron chi connectivity index (χ4n) is 1.67. The molecule has 0 atom stereocenters. The summed E-state index contributed by atoms with van der Waals surface area (Å²) < 4.78 is 18.4. The predicted molar refractivity (Wildman–Crippen MR) is 81.1 cm³/mol. The van der Waals surface area contributed by atoms with Crippen LogP contribution in [0.3, 0.4) is 0 Å². The second-order valence-electron chi connectivity index (χ2n) is 4.49. The summed E-state index contributed by atoms with van der Waals surface area (Å²) in [6.07, 6.45) is 0. The number of carbonyl (C=O) groups is 1. The van der Waals surface area contributed by atoms with Gasteiger partial charge in [0.25, 0.3) is 5.91 Å².